The Hall–Kier alpha value is -6.62. The minimum atomic E-state index is 0.600. The van der Waals surface area contributed by atoms with Crippen LogP contribution < -0.4 is 0 Å². The van der Waals surface area contributed by atoms with Gasteiger partial charge in [0.05, 0.1) is 33.3 Å². The maximum absolute atomic E-state index is 5.24. The number of hydrogen-bond acceptors (Lipinski definition) is 3. The fraction of sp³-hybridized carbons (Fsp3) is 0.0204. The highest BCUT2D eigenvalue weighted by Gasteiger charge is 2.25. The Bertz CT molecular complexity index is 3010. The van der Waals surface area contributed by atoms with Crippen LogP contribution in [0.25, 0.3) is 92.5 Å². The highest BCUT2D eigenvalue weighted by molar-refractivity contribution is 7.26. The summed E-state index contributed by atoms with van der Waals surface area (Å²) < 4.78 is 4.84. The van der Waals surface area contributed by atoms with E-state index in [1.54, 1.807) is 12.2 Å². The molecular weight excluding hydrogens is 663 g/mol. The highest BCUT2D eigenvalue weighted by atomic mass is 32.1. The quantitative estimate of drug-likeness (QED) is 0.148. The summed E-state index contributed by atoms with van der Waals surface area (Å²) in [5.74, 6) is 0.600. The van der Waals surface area contributed by atoms with Gasteiger partial charge in [0.15, 0.2) is 5.82 Å². The Kier molecular flexibility index (Phi) is 8.03. The molecule has 3 aromatic heterocycles. The van der Waals surface area contributed by atoms with Crippen molar-refractivity contribution in [3.8, 4) is 28.1 Å². The van der Waals surface area contributed by atoms with E-state index in [0.29, 0.717) is 5.82 Å². The molecule has 3 heterocycles. The predicted molar refractivity (Wildman–Crippen MR) is 230 cm³/mol. The lowest BCUT2D eigenvalue weighted by Gasteiger charge is -2.15. The van der Waals surface area contributed by atoms with E-state index in [1.807, 2.05) is 41.8 Å². The van der Waals surface area contributed by atoms with Crippen LogP contribution >= 0.6 is 11.3 Å². The van der Waals surface area contributed by atoms with Gasteiger partial charge in [-0.25, -0.2) is 9.97 Å². The first kappa shape index (κ1) is 32.3. The predicted octanol–water partition coefficient (Wildman–Crippen LogP) is 13.7. The van der Waals surface area contributed by atoms with E-state index < -0.39 is 0 Å². The van der Waals surface area contributed by atoms with Crippen molar-refractivity contribution in [2.45, 2.75) is 6.92 Å². The number of para-hydroxylation sites is 1. The molecule has 0 aliphatic rings. The number of benzene rings is 6. The zero-order valence-electron chi connectivity index (χ0n) is 29.4. The molecule has 9 aromatic rings. The topological polar surface area (TPSA) is 30.7 Å². The molecule has 0 amide bonds. The third-order valence-electron chi connectivity index (χ3n) is 10.1. The standard InChI is InChI=1S/C49H35N3S/c1-5-8-21-37-31(4)24-27-43-44(37)45-39(36-26-25-33-17-12-13-20-35(33)28-36)29-40-38-22-14-15-23-41(38)52(47(40)48(45)53-43)42-30-50-49(32(7-3)16-6-2)51-46(42)34-18-10-9-11-19-34/h5-30H,1-3H2,4H3/b21-8-,32-16+. The van der Waals surface area contributed by atoms with Crippen molar-refractivity contribution in [3.05, 3.63) is 189 Å². The molecule has 0 unspecified atom stereocenters. The van der Waals surface area contributed by atoms with Gasteiger partial charge in [-0.2, -0.15) is 0 Å². The molecule has 53 heavy (non-hydrogen) atoms. The molecule has 0 saturated carbocycles. The van der Waals surface area contributed by atoms with Crippen LogP contribution in [0.3, 0.4) is 0 Å². The Morgan fingerprint density at radius 2 is 1.53 bits per heavy atom. The second-order valence-electron chi connectivity index (χ2n) is 13.2. The van der Waals surface area contributed by atoms with Crippen LogP contribution in [-0.4, -0.2) is 14.5 Å². The van der Waals surface area contributed by atoms with E-state index in [1.165, 1.54) is 64.0 Å². The molecule has 0 spiro atoms. The number of aromatic nitrogens is 3. The van der Waals surface area contributed by atoms with Gasteiger partial charge in [0.1, 0.15) is 0 Å². The summed E-state index contributed by atoms with van der Waals surface area (Å²) in [5.41, 5.74) is 10.6. The maximum Gasteiger partial charge on any atom is 0.159 e. The van der Waals surface area contributed by atoms with E-state index in [-0.39, 0.29) is 0 Å². The summed E-state index contributed by atoms with van der Waals surface area (Å²) in [5, 5.41) is 7.30. The molecule has 0 bridgehead atoms. The summed E-state index contributed by atoms with van der Waals surface area (Å²) in [7, 11) is 0. The third-order valence-corrected chi connectivity index (χ3v) is 11.3. The van der Waals surface area contributed by atoms with E-state index in [2.05, 4.69) is 146 Å². The van der Waals surface area contributed by atoms with Crippen LogP contribution in [0, 0.1) is 6.92 Å². The van der Waals surface area contributed by atoms with Crippen molar-refractivity contribution in [2.24, 2.45) is 0 Å². The number of rotatable bonds is 8. The molecule has 0 N–H and O–H groups in total. The van der Waals surface area contributed by atoms with Gasteiger partial charge in [0.25, 0.3) is 0 Å². The summed E-state index contributed by atoms with van der Waals surface area (Å²) in [6.07, 6.45) is 13.5. The van der Waals surface area contributed by atoms with Crippen molar-refractivity contribution in [1.29, 1.82) is 0 Å². The number of fused-ring (bicyclic) bond motifs is 8. The summed E-state index contributed by atoms with van der Waals surface area (Å²) in [4.78, 5) is 10.2. The van der Waals surface area contributed by atoms with Gasteiger partial charge in [0, 0.05) is 37.4 Å². The Balaban J connectivity index is 1.48. The van der Waals surface area contributed by atoms with Gasteiger partial charge in [-0.3, -0.25) is 0 Å². The average molecular weight is 698 g/mol. The van der Waals surface area contributed by atoms with Crippen molar-refractivity contribution in [1.82, 2.24) is 14.5 Å². The Morgan fingerprint density at radius 3 is 2.34 bits per heavy atom. The monoisotopic (exact) mass is 697 g/mol. The molecule has 0 fully saturated rings. The van der Waals surface area contributed by atoms with Gasteiger partial charge < -0.3 is 4.57 Å². The molecule has 4 heteroatoms. The van der Waals surface area contributed by atoms with E-state index in [9.17, 15) is 0 Å². The van der Waals surface area contributed by atoms with Gasteiger partial charge in [-0.05, 0) is 64.2 Å². The Morgan fingerprint density at radius 1 is 0.736 bits per heavy atom. The second kappa shape index (κ2) is 13.2. The largest absolute Gasteiger partial charge is 0.304 e. The van der Waals surface area contributed by atoms with Gasteiger partial charge in [0.2, 0.25) is 0 Å². The number of thiophene rings is 1. The fourth-order valence-electron chi connectivity index (χ4n) is 7.66. The lowest BCUT2D eigenvalue weighted by Crippen LogP contribution is -2.04. The van der Waals surface area contributed by atoms with Crippen molar-refractivity contribution < 1.29 is 0 Å². The van der Waals surface area contributed by atoms with Crippen LogP contribution in [0.15, 0.2) is 172 Å². The maximum atomic E-state index is 5.24. The first-order valence-electron chi connectivity index (χ1n) is 17.7. The lowest BCUT2D eigenvalue weighted by atomic mass is 9.92. The highest BCUT2D eigenvalue weighted by Crippen LogP contribution is 2.49. The van der Waals surface area contributed by atoms with E-state index in [0.717, 1.165) is 33.6 Å². The molecule has 3 nitrogen and oxygen atoms in total. The van der Waals surface area contributed by atoms with Gasteiger partial charge >= 0.3 is 0 Å². The lowest BCUT2D eigenvalue weighted by molar-refractivity contribution is 1.06. The zero-order valence-corrected chi connectivity index (χ0v) is 30.2. The van der Waals surface area contributed by atoms with Crippen molar-refractivity contribution in [3.63, 3.8) is 0 Å². The SMILES string of the molecule is C=C/C=C\c1c(C)ccc2sc3c(c(-c4ccc5ccccc5c4)cc4c5ccccc5n(-c5cnc(/C(C=C)=C/C=C)nc5-c5ccccc5)c43)c12. The summed E-state index contributed by atoms with van der Waals surface area (Å²) in [6, 6.07) is 41.4. The van der Waals surface area contributed by atoms with Gasteiger partial charge in [-0.1, -0.05) is 147 Å². The summed E-state index contributed by atoms with van der Waals surface area (Å²) >= 11 is 1.85. The molecule has 9 rings (SSSR count). The average Bonchev–Trinajstić information content (AvgIpc) is 3.75. The molecule has 0 aliphatic heterocycles. The fourth-order valence-corrected chi connectivity index (χ4v) is 8.94. The van der Waals surface area contributed by atoms with Crippen molar-refractivity contribution in [2.75, 3.05) is 0 Å². The van der Waals surface area contributed by atoms with Gasteiger partial charge in [-0.15, -0.1) is 11.3 Å². The number of aryl methyl sites for hydroxylation is 1. The molecular formula is C49H35N3S. The number of nitrogens with zero attached hydrogens (tertiary/aromatic N) is 3. The van der Waals surface area contributed by atoms with Crippen LogP contribution in [0.4, 0.5) is 0 Å². The van der Waals surface area contributed by atoms with Crippen LogP contribution in [0.5, 0.6) is 0 Å². The molecule has 252 valence electrons. The minimum absolute atomic E-state index is 0.600. The first-order valence-corrected chi connectivity index (χ1v) is 18.5. The zero-order chi connectivity index (χ0) is 36.1. The number of hydrogen-bond donors (Lipinski definition) is 0. The second-order valence-corrected chi connectivity index (χ2v) is 14.2. The molecule has 6 aromatic carbocycles. The third kappa shape index (κ3) is 5.26. The molecule has 0 atom stereocenters. The number of allylic oxidation sites excluding steroid dienone is 6. The normalized spacial score (nSPS) is 12.1. The molecule has 0 aliphatic carbocycles. The minimum Gasteiger partial charge on any atom is -0.304 e. The van der Waals surface area contributed by atoms with Crippen LogP contribution in [-0.2, 0) is 0 Å². The van der Waals surface area contributed by atoms with Crippen molar-refractivity contribution >= 4 is 75.7 Å². The van der Waals surface area contributed by atoms with Crippen LogP contribution in [0.1, 0.15) is 17.0 Å². The molecule has 0 saturated heterocycles. The Labute approximate surface area is 312 Å². The summed E-state index contributed by atoms with van der Waals surface area (Å²) in [6.45, 7) is 14.1. The first-order chi connectivity index (χ1) is 26.1. The molecule has 0 radical (unpaired) electrons. The smallest absolute Gasteiger partial charge is 0.159 e. The van der Waals surface area contributed by atoms with E-state index in [4.69, 9.17) is 9.97 Å². The van der Waals surface area contributed by atoms with E-state index >= 15 is 0 Å². The van der Waals surface area contributed by atoms with Crippen LogP contribution in [0.2, 0.25) is 0 Å².